The molecule has 3 aromatic rings. The average Bonchev–Trinajstić information content (AvgIpc) is 3.25. The molecular formula is C23H25N3O3. The number of ether oxygens (including phenoxy) is 1. The van der Waals surface area contributed by atoms with Gasteiger partial charge in [-0.05, 0) is 38.0 Å². The summed E-state index contributed by atoms with van der Waals surface area (Å²) < 4.78 is 5.65. The molecule has 6 heteroatoms. The van der Waals surface area contributed by atoms with Crippen molar-refractivity contribution in [2.75, 3.05) is 13.2 Å². The van der Waals surface area contributed by atoms with Gasteiger partial charge in [0, 0.05) is 24.3 Å². The number of hydrogen-bond acceptors (Lipinski definition) is 4. The number of phenols is 1. The zero-order chi connectivity index (χ0) is 20.4. The number of para-hydroxylation sites is 1. The summed E-state index contributed by atoms with van der Waals surface area (Å²) in [6, 6.07) is 16.8. The Hall–Kier alpha value is -3.12. The predicted molar refractivity (Wildman–Crippen MR) is 111 cm³/mol. The van der Waals surface area contributed by atoms with Gasteiger partial charge in [-0.3, -0.25) is 9.89 Å². The van der Waals surface area contributed by atoms with Gasteiger partial charge in [-0.2, -0.15) is 5.10 Å². The Labute approximate surface area is 170 Å². The number of hydrogen-bond donors (Lipinski definition) is 2. The largest absolute Gasteiger partial charge is 0.507 e. The predicted octanol–water partition coefficient (Wildman–Crippen LogP) is 4.14. The lowest BCUT2D eigenvalue weighted by molar-refractivity contribution is 0.0601. The molecule has 0 saturated heterocycles. The van der Waals surface area contributed by atoms with Crippen molar-refractivity contribution in [1.82, 2.24) is 15.1 Å². The van der Waals surface area contributed by atoms with Crippen LogP contribution in [0.25, 0.3) is 11.3 Å². The third-order valence-electron chi connectivity index (χ3n) is 5.13. The second-order valence-electron chi connectivity index (χ2n) is 7.46. The smallest absolute Gasteiger partial charge is 0.273 e. The number of amides is 1. The molecule has 4 rings (SSSR count). The highest BCUT2D eigenvalue weighted by molar-refractivity contribution is 6.00. The number of H-pyrrole nitrogens is 1. The molecule has 1 amide bonds. The molecule has 0 aliphatic carbocycles. The Balaban J connectivity index is 1.73. The van der Waals surface area contributed by atoms with Crippen molar-refractivity contribution < 1.29 is 14.6 Å². The molecule has 0 radical (unpaired) electrons. The summed E-state index contributed by atoms with van der Waals surface area (Å²) in [6.45, 7) is 5.18. The van der Waals surface area contributed by atoms with Crippen molar-refractivity contribution in [3.63, 3.8) is 0 Å². The van der Waals surface area contributed by atoms with E-state index in [1.54, 1.807) is 12.1 Å². The van der Waals surface area contributed by atoms with Gasteiger partial charge in [-0.15, -0.1) is 0 Å². The van der Waals surface area contributed by atoms with Crippen LogP contribution in [0.1, 0.15) is 47.9 Å². The number of fused-ring (bicyclic) bond motifs is 1. The van der Waals surface area contributed by atoms with E-state index in [-0.39, 0.29) is 23.8 Å². The van der Waals surface area contributed by atoms with E-state index >= 15 is 0 Å². The monoisotopic (exact) mass is 391 g/mol. The molecule has 150 valence electrons. The fourth-order valence-electron chi connectivity index (χ4n) is 3.84. The second kappa shape index (κ2) is 8.09. The van der Waals surface area contributed by atoms with Crippen LogP contribution in [-0.2, 0) is 4.74 Å². The number of nitrogens with one attached hydrogen (secondary N) is 1. The first-order chi connectivity index (χ1) is 14.1. The van der Waals surface area contributed by atoms with Gasteiger partial charge in [0.2, 0.25) is 0 Å². The lowest BCUT2D eigenvalue weighted by Crippen LogP contribution is -2.31. The van der Waals surface area contributed by atoms with Gasteiger partial charge >= 0.3 is 0 Å². The van der Waals surface area contributed by atoms with Crippen molar-refractivity contribution in [3.05, 3.63) is 71.4 Å². The summed E-state index contributed by atoms with van der Waals surface area (Å²) in [7, 11) is 0. The topological polar surface area (TPSA) is 78.5 Å². The Morgan fingerprint density at radius 2 is 1.86 bits per heavy atom. The highest BCUT2D eigenvalue weighted by Crippen LogP contribution is 2.44. The first-order valence-electron chi connectivity index (χ1n) is 9.92. The molecule has 1 aliphatic rings. The SMILES string of the molecule is CC(C)OCCCN1C(=O)c2[nH]nc(-c3ccccc3O)c2[C@@H]1c1ccccc1. The standard InChI is InChI=1S/C23H25N3O3/c1-15(2)29-14-8-13-26-22(16-9-4-3-5-10-16)19-20(24-25-21(19)23(26)28)17-11-6-7-12-18(17)27/h3-7,9-12,15,22,27H,8,13-14H2,1-2H3,(H,24,25)/t22-/m0/s1. The van der Waals surface area contributed by atoms with Crippen LogP contribution in [0.2, 0.25) is 0 Å². The quantitative estimate of drug-likeness (QED) is 0.593. The normalized spacial score (nSPS) is 15.9. The van der Waals surface area contributed by atoms with Gasteiger partial charge in [-0.25, -0.2) is 0 Å². The summed E-state index contributed by atoms with van der Waals surface area (Å²) in [5.41, 5.74) is 3.54. The van der Waals surface area contributed by atoms with E-state index in [2.05, 4.69) is 10.2 Å². The molecule has 0 fully saturated rings. The summed E-state index contributed by atoms with van der Waals surface area (Å²) in [5, 5.41) is 17.7. The van der Waals surface area contributed by atoms with Gasteiger partial charge in [0.05, 0.1) is 12.1 Å². The Kier molecular flexibility index (Phi) is 5.36. The zero-order valence-corrected chi connectivity index (χ0v) is 16.6. The van der Waals surface area contributed by atoms with Crippen LogP contribution in [0.15, 0.2) is 54.6 Å². The number of aromatic amines is 1. The molecule has 0 saturated carbocycles. The maximum atomic E-state index is 13.2. The zero-order valence-electron chi connectivity index (χ0n) is 16.6. The van der Waals surface area contributed by atoms with E-state index in [0.29, 0.717) is 30.1 Å². The molecular weight excluding hydrogens is 366 g/mol. The number of rotatable bonds is 7. The average molecular weight is 391 g/mol. The summed E-state index contributed by atoms with van der Waals surface area (Å²) in [6.07, 6.45) is 0.912. The van der Waals surface area contributed by atoms with Crippen molar-refractivity contribution in [2.24, 2.45) is 0 Å². The van der Waals surface area contributed by atoms with Crippen molar-refractivity contribution in [1.29, 1.82) is 0 Å². The van der Waals surface area contributed by atoms with Crippen LogP contribution < -0.4 is 0 Å². The maximum absolute atomic E-state index is 13.2. The first-order valence-corrected chi connectivity index (χ1v) is 9.92. The molecule has 1 aromatic heterocycles. The lowest BCUT2D eigenvalue weighted by atomic mass is 9.96. The first kappa shape index (κ1) is 19.2. The third kappa shape index (κ3) is 3.63. The van der Waals surface area contributed by atoms with E-state index in [1.807, 2.05) is 61.2 Å². The molecule has 2 aromatic carbocycles. The van der Waals surface area contributed by atoms with Gasteiger partial charge in [0.1, 0.15) is 17.1 Å². The number of carbonyl (C=O) groups is 1. The molecule has 0 bridgehead atoms. The van der Waals surface area contributed by atoms with E-state index in [9.17, 15) is 9.90 Å². The molecule has 1 aliphatic heterocycles. The highest BCUT2D eigenvalue weighted by Gasteiger charge is 2.42. The van der Waals surface area contributed by atoms with Crippen LogP contribution in [0.4, 0.5) is 0 Å². The number of nitrogens with zero attached hydrogens (tertiary/aromatic N) is 2. The van der Waals surface area contributed by atoms with Crippen LogP contribution in [0.5, 0.6) is 5.75 Å². The van der Waals surface area contributed by atoms with Crippen molar-refractivity contribution in [3.8, 4) is 17.0 Å². The van der Waals surface area contributed by atoms with Crippen LogP contribution in [-0.4, -0.2) is 45.4 Å². The maximum Gasteiger partial charge on any atom is 0.273 e. The molecule has 2 N–H and O–H groups in total. The third-order valence-corrected chi connectivity index (χ3v) is 5.13. The minimum absolute atomic E-state index is 0.0763. The Bertz CT molecular complexity index is 998. The number of aromatic nitrogens is 2. The van der Waals surface area contributed by atoms with Gasteiger partial charge in [0.25, 0.3) is 5.91 Å². The summed E-state index contributed by atoms with van der Waals surface area (Å²) >= 11 is 0. The molecule has 1 atom stereocenters. The van der Waals surface area contributed by atoms with Gasteiger partial charge in [-0.1, -0.05) is 42.5 Å². The molecule has 29 heavy (non-hydrogen) atoms. The van der Waals surface area contributed by atoms with Crippen LogP contribution in [0, 0.1) is 0 Å². The van der Waals surface area contributed by atoms with Crippen LogP contribution in [0.3, 0.4) is 0 Å². The lowest BCUT2D eigenvalue weighted by Gasteiger charge is -2.26. The van der Waals surface area contributed by atoms with E-state index in [1.165, 1.54) is 0 Å². The highest BCUT2D eigenvalue weighted by atomic mass is 16.5. The van der Waals surface area contributed by atoms with Crippen molar-refractivity contribution >= 4 is 5.91 Å². The Morgan fingerprint density at radius 1 is 1.14 bits per heavy atom. The van der Waals surface area contributed by atoms with E-state index in [0.717, 1.165) is 17.5 Å². The van der Waals surface area contributed by atoms with Crippen molar-refractivity contribution in [2.45, 2.75) is 32.4 Å². The molecule has 2 heterocycles. The number of benzene rings is 2. The molecule has 0 spiro atoms. The fourth-order valence-corrected chi connectivity index (χ4v) is 3.84. The summed E-state index contributed by atoms with van der Waals surface area (Å²) in [5.74, 6) is 0.0671. The molecule has 0 unspecified atom stereocenters. The van der Waals surface area contributed by atoms with Crippen LogP contribution >= 0.6 is 0 Å². The summed E-state index contributed by atoms with van der Waals surface area (Å²) in [4.78, 5) is 15.1. The second-order valence-corrected chi connectivity index (χ2v) is 7.46. The minimum Gasteiger partial charge on any atom is -0.507 e. The Morgan fingerprint density at radius 3 is 2.59 bits per heavy atom. The number of phenolic OH excluding ortho intramolecular Hbond substituents is 1. The van der Waals surface area contributed by atoms with Gasteiger partial charge < -0.3 is 14.7 Å². The fraction of sp³-hybridized carbons (Fsp3) is 0.304. The van der Waals surface area contributed by atoms with E-state index < -0.39 is 0 Å². The number of carbonyl (C=O) groups excluding carboxylic acids is 1. The minimum atomic E-state index is -0.258. The number of aromatic hydroxyl groups is 1. The molecule has 6 nitrogen and oxygen atoms in total. The van der Waals surface area contributed by atoms with E-state index in [4.69, 9.17) is 4.74 Å². The van der Waals surface area contributed by atoms with Gasteiger partial charge in [0.15, 0.2) is 0 Å².